The number of hydrogen-bond donors (Lipinski definition) is 0. The molecule has 0 fully saturated rings. The summed E-state index contributed by atoms with van der Waals surface area (Å²) in [5, 5.41) is 6.47. The first-order chi connectivity index (χ1) is 7.34. The summed E-state index contributed by atoms with van der Waals surface area (Å²) in [4.78, 5) is 5.63. The first-order valence-corrected chi connectivity index (χ1v) is 5.58. The van der Waals surface area contributed by atoms with Crippen LogP contribution in [0.15, 0.2) is 35.8 Å². The van der Waals surface area contributed by atoms with Crippen molar-refractivity contribution >= 4 is 17.0 Å². The highest BCUT2D eigenvalue weighted by Crippen LogP contribution is 2.22. The van der Waals surface area contributed by atoms with Crippen LogP contribution in [0.25, 0.3) is 16.3 Å². The number of aryl methyl sites for hydroxylation is 1. The Labute approximate surface area is 91.0 Å². The highest BCUT2D eigenvalue weighted by Gasteiger charge is 2.07. The van der Waals surface area contributed by atoms with E-state index >= 15 is 0 Å². The van der Waals surface area contributed by atoms with E-state index in [1.165, 1.54) is 0 Å². The second-order valence-electron chi connectivity index (χ2n) is 3.37. The number of rotatable bonds is 1. The largest absolute Gasteiger partial charge is 0.220 e. The van der Waals surface area contributed by atoms with Crippen LogP contribution in [0.5, 0.6) is 0 Å². The lowest BCUT2D eigenvalue weighted by Crippen LogP contribution is -1.87. The van der Waals surface area contributed by atoms with E-state index in [2.05, 4.69) is 10.1 Å². The van der Waals surface area contributed by atoms with Gasteiger partial charge < -0.3 is 0 Å². The zero-order chi connectivity index (χ0) is 10.3. The first-order valence-electron chi connectivity index (χ1n) is 4.70. The number of hydrogen-bond acceptors (Lipinski definition) is 3. The van der Waals surface area contributed by atoms with Gasteiger partial charge in [-0.2, -0.15) is 0 Å². The van der Waals surface area contributed by atoms with Crippen LogP contribution in [0.3, 0.4) is 0 Å². The molecule has 74 valence electrons. The number of pyridine rings is 1. The predicted octanol–water partition coefficient (Wildman–Crippen LogP) is 2.77. The van der Waals surface area contributed by atoms with Crippen molar-refractivity contribution < 1.29 is 0 Å². The van der Waals surface area contributed by atoms with Crippen molar-refractivity contribution in [2.75, 3.05) is 0 Å². The molecule has 3 nitrogen and oxygen atoms in total. The fourth-order valence-corrected chi connectivity index (χ4v) is 2.20. The van der Waals surface area contributed by atoms with Crippen LogP contribution in [0.2, 0.25) is 0 Å². The third kappa shape index (κ3) is 1.34. The van der Waals surface area contributed by atoms with Crippen molar-refractivity contribution in [3.63, 3.8) is 0 Å². The van der Waals surface area contributed by atoms with Gasteiger partial charge in [-0.25, -0.2) is 9.50 Å². The Kier molecular flexibility index (Phi) is 1.82. The molecule has 0 atom stereocenters. The van der Waals surface area contributed by atoms with Crippen LogP contribution in [-0.2, 0) is 0 Å². The molecule has 0 saturated carbocycles. The molecule has 0 aliphatic rings. The van der Waals surface area contributed by atoms with Gasteiger partial charge in [0.1, 0.15) is 0 Å². The van der Waals surface area contributed by atoms with Crippen LogP contribution in [0, 0.1) is 6.92 Å². The lowest BCUT2D eigenvalue weighted by molar-refractivity contribution is 0.962. The van der Waals surface area contributed by atoms with Crippen LogP contribution in [-0.4, -0.2) is 14.6 Å². The Morgan fingerprint density at radius 1 is 1.27 bits per heavy atom. The fourth-order valence-electron chi connectivity index (χ4n) is 1.55. The topological polar surface area (TPSA) is 30.2 Å². The molecular weight excluding hydrogens is 206 g/mol. The normalized spacial score (nSPS) is 11.0. The van der Waals surface area contributed by atoms with Gasteiger partial charge in [-0.05, 0) is 30.0 Å². The summed E-state index contributed by atoms with van der Waals surface area (Å²) in [6.45, 7) is 2.04. The highest BCUT2D eigenvalue weighted by atomic mass is 32.1. The molecule has 3 heterocycles. The molecule has 0 saturated heterocycles. The molecule has 3 aromatic rings. The number of thiophene rings is 1. The van der Waals surface area contributed by atoms with Crippen molar-refractivity contribution in [3.8, 4) is 10.7 Å². The van der Waals surface area contributed by atoms with Crippen LogP contribution < -0.4 is 0 Å². The van der Waals surface area contributed by atoms with Gasteiger partial charge in [-0.3, -0.25) is 0 Å². The van der Waals surface area contributed by atoms with Gasteiger partial charge in [-0.15, -0.1) is 16.4 Å². The second kappa shape index (κ2) is 3.17. The summed E-state index contributed by atoms with van der Waals surface area (Å²) in [6, 6.07) is 8.07. The molecule has 0 N–H and O–H groups in total. The minimum atomic E-state index is 0.805. The average molecular weight is 215 g/mol. The lowest BCUT2D eigenvalue weighted by Gasteiger charge is -1.92. The van der Waals surface area contributed by atoms with Gasteiger partial charge in [0.25, 0.3) is 0 Å². The molecule has 0 aromatic carbocycles. The van der Waals surface area contributed by atoms with Crippen LogP contribution >= 0.6 is 11.3 Å². The second-order valence-corrected chi connectivity index (χ2v) is 4.32. The Hall–Kier alpha value is -1.68. The maximum Gasteiger partial charge on any atom is 0.192 e. The number of nitrogens with zero attached hydrogens (tertiary/aromatic N) is 3. The Bertz CT molecular complexity index is 595. The molecule has 0 radical (unpaired) electrons. The molecule has 3 aromatic heterocycles. The van der Waals surface area contributed by atoms with Gasteiger partial charge in [0, 0.05) is 6.20 Å². The maximum absolute atomic E-state index is 4.52. The van der Waals surface area contributed by atoms with E-state index in [4.69, 9.17) is 0 Å². The van der Waals surface area contributed by atoms with E-state index in [1.807, 2.05) is 47.3 Å². The summed E-state index contributed by atoms with van der Waals surface area (Å²) in [5.41, 5.74) is 2.08. The monoisotopic (exact) mass is 215 g/mol. The van der Waals surface area contributed by atoms with E-state index in [0.29, 0.717) is 0 Å². The Morgan fingerprint density at radius 3 is 2.93 bits per heavy atom. The van der Waals surface area contributed by atoms with Crippen molar-refractivity contribution in [2.45, 2.75) is 6.92 Å². The standard InChI is InChI=1S/C11H9N3S/c1-8-4-2-6-14-11(8)12-10(13-14)9-5-3-7-15-9/h2-7H,1H3. The highest BCUT2D eigenvalue weighted by molar-refractivity contribution is 7.13. The molecule has 0 aliphatic heterocycles. The van der Waals surface area contributed by atoms with E-state index in [9.17, 15) is 0 Å². The van der Waals surface area contributed by atoms with Gasteiger partial charge >= 0.3 is 0 Å². The van der Waals surface area contributed by atoms with Gasteiger partial charge in [0.05, 0.1) is 4.88 Å². The molecule has 0 unspecified atom stereocenters. The Morgan fingerprint density at radius 2 is 2.20 bits per heavy atom. The van der Waals surface area contributed by atoms with Crippen LogP contribution in [0.1, 0.15) is 5.56 Å². The summed E-state index contributed by atoms with van der Waals surface area (Å²) >= 11 is 1.66. The minimum absolute atomic E-state index is 0.805. The fraction of sp³-hybridized carbons (Fsp3) is 0.0909. The molecule has 0 amide bonds. The minimum Gasteiger partial charge on any atom is -0.220 e. The van der Waals surface area contributed by atoms with Gasteiger partial charge in [-0.1, -0.05) is 12.1 Å². The molecular formula is C11H9N3S. The average Bonchev–Trinajstić information content (AvgIpc) is 2.86. The maximum atomic E-state index is 4.52. The van der Waals surface area contributed by atoms with E-state index in [-0.39, 0.29) is 0 Å². The Balaban J connectivity index is 2.27. The van der Waals surface area contributed by atoms with Crippen LogP contribution in [0.4, 0.5) is 0 Å². The van der Waals surface area contributed by atoms with E-state index in [0.717, 1.165) is 21.9 Å². The molecule has 15 heavy (non-hydrogen) atoms. The van der Waals surface area contributed by atoms with E-state index in [1.54, 1.807) is 11.3 Å². The number of fused-ring (bicyclic) bond motifs is 1. The predicted molar refractivity (Wildman–Crippen MR) is 61.0 cm³/mol. The SMILES string of the molecule is Cc1cccn2nc(-c3cccs3)nc12. The van der Waals surface area contributed by atoms with Crippen molar-refractivity contribution in [2.24, 2.45) is 0 Å². The third-order valence-electron chi connectivity index (χ3n) is 2.30. The number of aromatic nitrogens is 3. The summed E-state index contributed by atoms with van der Waals surface area (Å²) in [6.07, 6.45) is 1.92. The molecule has 0 bridgehead atoms. The smallest absolute Gasteiger partial charge is 0.192 e. The van der Waals surface area contributed by atoms with Crippen molar-refractivity contribution in [1.29, 1.82) is 0 Å². The van der Waals surface area contributed by atoms with E-state index < -0.39 is 0 Å². The zero-order valence-electron chi connectivity index (χ0n) is 8.21. The quantitative estimate of drug-likeness (QED) is 0.624. The van der Waals surface area contributed by atoms with Crippen molar-refractivity contribution in [1.82, 2.24) is 14.6 Å². The first kappa shape index (κ1) is 8.61. The molecule has 3 rings (SSSR count). The zero-order valence-corrected chi connectivity index (χ0v) is 9.03. The molecule has 0 aliphatic carbocycles. The van der Waals surface area contributed by atoms with Crippen molar-refractivity contribution in [3.05, 3.63) is 41.4 Å². The third-order valence-corrected chi connectivity index (χ3v) is 3.16. The molecule has 0 spiro atoms. The lowest BCUT2D eigenvalue weighted by atomic mass is 10.3. The van der Waals surface area contributed by atoms with Gasteiger partial charge in [0.2, 0.25) is 0 Å². The summed E-state index contributed by atoms with van der Waals surface area (Å²) < 4.78 is 1.82. The molecule has 4 heteroatoms. The van der Waals surface area contributed by atoms with Gasteiger partial charge in [0.15, 0.2) is 11.5 Å². The summed E-state index contributed by atoms with van der Waals surface area (Å²) in [5.74, 6) is 0.805. The summed E-state index contributed by atoms with van der Waals surface area (Å²) in [7, 11) is 0.